The van der Waals surface area contributed by atoms with Gasteiger partial charge < -0.3 is 0 Å². The van der Waals surface area contributed by atoms with E-state index in [1.54, 1.807) is 0 Å². The minimum absolute atomic E-state index is 0.00662. The van der Waals surface area contributed by atoms with Gasteiger partial charge in [0.25, 0.3) is 0 Å². The van der Waals surface area contributed by atoms with Crippen molar-refractivity contribution in [3.8, 4) is 0 Å². The average molecular weight is 322 g/mol. The molecule has 6 heteroatoms. The van der Waals surface area contributed by atoms with E-state index < -0.39 is 15.8 Å². The number of sulfonamides is 1. The van der Waals surface area contributed by atoms with E-state index in [2.05, 4.69) is 6.92 Å². The van der Waals surface area contributed by atoms with Crippen molar-refractivity contribution in [3.63, 3.8) is 0 Å². The number of hydrogen-bond donors (Lipinski definition) is 0. The smallest absolute Gasteiger partial charge is 0.207 e. The van der Waals surface area contributed by atoms with Crippen LogP contribution < -0.4 is 0 Å². The average Bonchev–Trinajstić information content (AvgIpc) is 2.41. The molecule has 1 aromatic rings. The Bertz CT molecular complexity index is 561. The zero-order valence-corrected chi connectivity index (χ0v) is 13.7. The summed E-state index contributed by atoms with van der Waals surface area (Å²) < 4.78 is 40.0. The van der Waals surface area contributed by atoms with Gasteiger partial charge in [-0.25, -0.2) is 17.1 Å². The molecule has 114 valence electrons. The maximum Gasteiger partial charge on any atom is 0.243 e. The molecule has 0 unspecified atom stereocenters. The second kappa shape index (κ2) is 7.38. The van der Waals surface area contributed by atoms with Crippen LogP contribution in [0.1, 0.15) is 37.3 Å². The third-order valence-corrected chi connectivity index (χ3v) is 5.57. The topological polar surface area (TPSA) is 37.4 Å². The lowest BCUT2D eigenvalue weighted by Gasteiger charge is -2.19. The van der Waals surface area contributed by atoms with E-state index >= 15 is 0 Å². The van der Waals surface area contributed by atoms with Gasteiger partial charge in [-0.1, -0.05) is 19.8 Å². The van der Waals surface area contributed by atoms with Crippen molar-refractivity contribution in [2.75, 3.05) is 13.6 Å². The zero-order chi connectivity index (χ0) is 15.3. The first-order chi connectivity index (χ1) is 9.34. The fourth-order valence-corrected chi connectivity index (χ4v) is 3.57. The van der Waals surface area contributed by atoms with Gasteiger partial charge in [0.2, 0.25) is 10.0 Å². The molecule has 20 heavy (non-hydrogen) atoms. The molecule has 0 spiro atoms. The van der Waals surface area contributed by atoms with Crippen molar-refractivity contribution in [1.29, 1.82) is 0 Å². The van der Waals surface area contributed by atoms with Crippen molar-refractivity contribution in [1.82, 2.24) is 4.31 Å². The van der Waals surface area contributed by atoms with Crippen molar-refractivity contribution >= 4 is 21.6 Å². The highest BCUT2D eigenvalue weighted by Gasteiger charge is 2.24. The molecule has 0 atom stereocenters. The van der Waals surface area contributed by atoms with E-state index in [0.29, 0.717) is 12.1 Å². The first kappa shape index (κ1) is 17.4. The largest absolute Gasteiger partial charge is 0.243 e. The fraction of sp³-hybridized carbons (Fsp3) is 0.571. The number of alkyl halides is 1. The van der Waals surface area contributed by atoms with Gasteiger partial charge in [0.1, 0.15) is 5.82 Å². The van der Waals surface area contributed by atoms with Crippen molar-refractivity contribution < 1.29 is 12.8 Å². The van der Waals surface area contributed by atoms with E-state index in [4.69, 9.17) is 11.6 Å². The zero-order valence-electron chi connectivity index (χ0n) is 12.1. The van der Waals surface area contributed by atoms with Gasteiger partial charge in [0, 0.05) is 25.0 Å². The van der Waals surface area contributed by atoms with Gasteiger partial charge in [0.15, 0.2) is 0 Å². The summed E-state index contributed by atoms with van der Waals surface area (Å²) in [5.74, 6) is -0.456. The molecule has 0 heterocycles. The Hall–Kier alpha value is -0.650. The van der Waals surface area contributed by atoms with Crippen molar-refractivity contribution in [2.24, 2.45) is 0 Å². The summed E-state index contributed by atoms with van der Waals surface area (Å²) in [5.41, 5.74) is 0.608. The van der Waals surface area contributed by atoms with Crippen LogP contribution in [-0.4, -0.2) is 26.3 Å². The number of rotatable bonds is 7. The van der Waals surface area contributed by atoms with Crippen LogP contribution in [-0.2, 0) is 15.9 Å². The van der Waals surface area contributed by atoms with E-state index in [1.165, 1.54) is 30.4 Å². The van der Waals surface area contributed by atoms with Crippen LogP contribution in [0.25, 0.3) is 0 Å². The predicted molar refractivity (Wildman–Crippen MR) is 80.0 cm³/mol. The Morgan fingerprint density at radius 3 is 2.50 bits per heavy atom. The van der Waals surface area contributed by atoms with Crippen LogP contribution in [0.5, 0.6) is 0 Å². The Kier molecular flexibility index (Phi) is 6.43. The van der Waals surface area contributed by atoms with Crippen LogP contribution in [0.15, 0.2) is 17.0 Å². The summed E-state index contributed by atoms with van der Waals surface area (Å²) in [6, 6.07) is 2.73. The molecule has 0 bridgehead atoms. The quantitative estimate of drug-likeness (QED) is 0.567. The van der Waals surface area contributed by atoms with E-state index in [-0.39, 0.29) is 16.3 Å². The normalized spacial score (nSPS) is 12.1. The Morgan fingerprint density at radius 1 is 1.30 bits per heavy atom. The maximum atomic E-state index is 13.8. The molecule has 1 rings (SSSR count). The third kappa shape index (κ3) is 3.93. The molecule has 1 aromatic carbocycles. The minimum atomic E-state index is -3.67. The summed E-state index contributed by atoms with van der Waals surface area (Å²) in [7, 11) is -2.15. The molecule has 0 fully saturated rings. The molecule has 0 aromatic heterocycles. The summed E-state index contributed by atoms with van der Waals surface area (Å²) in [5, 5.41) is 0. The molecular formula is C14H21ClFNO2S. The number of benzene rings is 1. The second-order valence-corrected chi connectivity index (χ2v) is 7.15. The molecule has 0 amide bonds. The first-order valence-corrected chi connectivity index (χ1v) is 8.63. The fourth-order valence-electron chi connectivity index (χ4n) is 1.92. The monoisotopic (exact) mass is 321 g/mol. The van der Waals surface area contributed by atoms with Crippen LogP contribution >= 0.6 is 11.6 Å². The lowest BCUT2D eigenvalue weighted by molar-refractivity contribution is 0.453. The third-order valence-electron chi connectivity index (χ3n) is 3.28. The van der Waals surface area contributed by atoms with Crippen LogP contribution in [0, 0.1) is 12.7 Å². The van der Waals surface area contributed by atoms with Crippen molar-refractivity contribution in [2.45, 2.75) is 43.9 Å². The highest BCUT2D eigenvalue weighted by molar-refractivity contribution is 7.89. The Morgan fingerprint density at radius 2 is 1.95 bits per heavy atom. The number of unbranched alkanes of at least 4 members (excludes halogenated alkanes) is 2. The second-order valence-electron chi connectivity index (χ2n) is 4.87. The van der Waals surface area contributed by atoms with Crippen LogP contribution in [0.2, 0.25) is 0 Å². The van der Waals surface area contributed by atoms with Gasteiger partial charge in [-0.2, -0.15) is 0 Å². The summed E-state index contributed by atoms with van der Waals surface area (Å²) in [4.78, 5) is 0.00662. The van der Waals surface area contributed by atoms with Gasteiger partial charge in [0.05, 0.1) is 4.90 Å². The SMILES string of the molecule is CCCCCN(C)S(=O)(=O)c1cc(CCl)cc(F)c1C. The Balaban J connectivity index is 3.11. The van der Waals surface area contributed by atoms with Gasteiger partial charge in [-0.15, -0.1) is 11.6 Å². The molecule has 0 radical (unpaired) electrons. The standard InChI is InChI=1S/C14H21ClFNO2S/c1-4-5-6-7-17(3)20(18,19)14-9-12(10-15)8-13(16)11(14)2/h8-9H,4-7,10H2,1-3H3. The highest BCUT2D eigenvalue weighted by Crippen LogP contribution is 2.24. The molecule has 0 saturated heterocycles. The van der Waals surface area contributed by atoms with E-state index in [9.17, 15) is 12.8 Å². The number of hydrogen-bond acceptors (Lipinski definition) is 2. The van der Waals surface area contributed by atoms with Crippen LogP contribution in [0.3, 0.4) is 0 Å². The maximum absolute atomic E-state index is 13.8. The van der Waals surface area contributed by atoms with Gasteiger partial charge in [-0.3, -0.25) is 0 Å². The summed E-state index contributed by atoms with van der Waals surface area (Å²) in [6.07, 6.45) is 2.78. The highest BCUT2D eigenvalue weighted by atomic mass is 35.5. The summed E-state index contributed by atoms with van der Waals surface area (Å²) >= 11 is 5.68. The summed E-state index contributed by atoms with van der Waals surface area (Å²) in [6.45, 7) is 3.96. The lowest BCUT2D eigenvalue weighted by Crippen LogP contribution is -2.28. The molecular weight excluding hydrogens is 301 g/mol. The minimum Gasteiger partial charge on any atom is -0.207 e. The van der Waals surface area contributed by atoms with E-state index in [1.807, 2.05) is 0 Å². The lowest BCUT2D eigenvalue weighted by atomic mass is 10.1. The Labute approximate surface area is 125 Å². The van der Waals surface area contributed by atoms with Gasteiger partial charge in [-0.05, 0) is 31.0 Å². The number of halogens is 2. The molecule has 0 aliphatic carbocycles. The van der Waals surface area contributed by atoms with E-state index in [0.717, 1.165) is 19.3 Å². The molecule has 0 aliphatic heterocycles. The number of nitrogens with zero attached hydrogens (tertiary/aromatic N) is 1. The molecule has 0 aliphatic rings. The first-order valence-electron chi connectivity index (χ1n) is 6.66. The molecule has 3 nitrogen and oxygen atoms in total. The van der Waals surface area contributed by atoms with Crippen molar-refractivity contribution in [3.05, 3.63) is 29.1 Å². The molecule has 0 saturated carbocycles. The van der Waals surface area contributed by atoms with Gasteiger partial charge >= 0.3 is 0 Å². The molecule has 0 N–H and O–H groups in total. The predicted octanol–water partition coefficient (Wildman–Crippen LogP) is 3.68. The van der Waals surface area contributed by atoms with Crippen LogP contribution in [0.4, 0.5) is 4.39 Å².